The number of carbonyl (C=O) groups is 3. The number of ether oxygens (including phenoxy) is 2. The molecule has 10 rings (SSSR count). The number of anilines is 1. The van der Waals surface area contributed by atoms with Crippen LogP contribution in [0.5, 0.6) is 5.75 Å². The first kappa shape index (κ1) is 51.4. The molecule has 2 aliphatic rings. The summed E-state index contributed by atoms with van der Waals surface area (Å²) < 4.78 is 44.5. The minimum absolute atomic E-state index is 0.0186. The number of fused-ring (bicyclic) bond motifs is 2. The number of hydrogen-bond acceptors (Lipinski definition) is 17. The molecule has 3 aromatic heterocycles. The summed E-state index contributed by atoms with van der Waals surface area (Å²) in [7, 11) is 4.50. The summed E-state index contributed by atoms with van der Waals surface area (Å²) in [6.45, 7) is -0.166. The molecule has 2 fully saturated rings. The van der Waals surface area contributed by atoms with Gasteiger partial charge in [0.2, 0.25) is 5.91 Å². The number of thiazole rings is 1. The molecule has 22 heteroatoms. The number of esters is 1. The molecule has 8 aromatic rings. The van der Waals surface area contributed by atoms with Gasteiger partial charge in [-0.15, -0.1) is 56.4 Å². The maximum Gasteiger partial charge on any atom is 0.315 e. The molecule has 2 N–H and O–H groups in total. The lowest BCUT2D eigenvalue weighted by Gasteiger charge is -2.54. The largest absolute Gasteiger partial charge is 0.497 e. The van der Waals surface area contributed by atoms with Crippen LogP contribution >= 0.6 is 58.0 Å². The van der Waals surface area contributed by atoms with Crippen LogP contribution in [0.1, 0.15) is 27.9 Å². The number of β-lactam (4-membered cyclic amide) rings is 1. The van der Waals surface area contributed by atoms with Gasteiger partial charge in [0, 0.05) is 41.9 Å². The van der Waals surface area contributed by atoms with Crippen LogP contribution in [0.15, 0.2) is 163 Å². The van der Waals surface area contributed by atoms with E-state index in [0.717, 1.165) is 57.6 Å². The molecule has 0 spiro atoms. The number of oxime groups is 1. The molecular weight excluding hydrogens is 1060 g/mol. The Kier molecular flexibility index (Phi) is 15.1. The number of rotatable bonds is 18. The van der Waals surface area contributed by atoms with Gasteiger partial charge in [0.1, 0.15) is 59.7 Å². The zero-order chi connectivity index (χ0) is 52.3. The summed E-state index contributed by atoms with van der Waals surface area (Å²) in [6.07, 6.45) is 1.40. The number of benzene rings is 5. The van der Waals surface area contributed by atoms with Crippen LogP contribution in [0, 0.1) is 17.0 Å². The maximum absolute atomic E-state index is 16.2. The molecule has 0 aliphatic carbocycles. The van der Waals surface area contributed by atoms with E-state index in [2.05, 4.69) is 26.0 Å². The predicted molar refractivity (Wildman–Crippen MR) is 287 cm³/mol. The molecule has 2 saturated heterocycles. The highest BCUT2D eigenvalue weighted by Gasteiger charge is 2.58. The number of methoxy groups -OCH3 is 1. The molecule has 3 atom stereocenters. The van der Waals surface area contributed by atoms with Gasteiger partial charge in [0.25, 0.3) is 5.91 Å². The van der Waals surface area contributed by atoms with Gasteiger partial charge in [-0.05, 0) is 52.2 Å². The molecule has 75 heavy (non-hydrogen) atoms. The topological polar surface area (TPSA) is 179 Å². The van der Waals surface area contributed by atoms with E-state index in [1.807, 2.05) is 91.0 Å². The monoisotopic (exact) mass is 1100 g/mol. The SMILES string of the molecule is CON=C(C(=O)NC1C(=O)N2CC(CSc3cc(=O)c4cc(F)c(Sc5nncn5C)c(F)c4s3)(C(=O)OCc3ccc(OC)cc3)CS[C@H]12)c1csc(NC(c2ccccc2)(c2ccccc2)c2ccccc2)n1. The number of nitrogens with one attached hydrogen (secondary N) is 2. The Hall–Kier alpha value is -7.11. The third kappa shape index (κ3) is 10.2. The molecule has 2 aliphatic heterocycles. The highest BCUT2D eigenvalue weighted by molar-refractivity contribution is 8.01. The second-order valence-corrected chi connectivity index (χ2v) is 22.6. The lowest BCUT2D eigenvalue weighted by Crippen LogP contribution is -2.74. The standard InChI is InChI=1S/C53H44F2N8O7S5/c1-62-30-56-60-51(62)75-45-37(54)23-36-39(64)24-40(74-44(36)41(45)55)72-28-52(49(67)70-25-31-19-21-35(68-2)22-20-31)27-63-47(66)43(48(63)73-29-52)58-46(65)42(61-69-3)38-26-71-50(57-38)59-53(32-13-7-4-8-14-32,33-15-9-5-10-16-33)34-17-11-6-12-18-34/h4-24,26,30,43,48H,25,27-29H2,1-3H3,(H,57,59)(H,58,65)/t43?,48-,52?/m1/s1. The second-order valence-electron chi connectivity index (χ2n) is 17.4. The van der Waals surface area contributed by atoms with Gasteiger partial charge in [0.15, 0.2) is 27.2 Å². The first-order valence-corrected chi connectivity index (χ1v) is 27.6. The van der Waals surface area contributed by atoms with Crippen molar-refractivity contribution >= 4 is 96.7 Å². The van der Waals surface area contributed by atoms with E-state index < -0.39 is 57.2 Å². The van der Waals surface area contributed by atoms with Gasteiger partial charge < -0.3 is 34.4 Å². The highest BCUT2D eigenvalue weighted by Crippen LogP contribution is 2.47. The first-order valence-electron chi connectivity index (χ1n) is 23.1. The van der Waals surface area contributed by atoms with Crippen molar-refractivity contribution in [3.8, 4) is 5.75 Å². The van der Waals surface area contributed by atoms with Crippen molar-refractivity contribution in [1.29, 1.82) is 0 Å². The van der Waals surface area contributed by atoms with Gasteiger partial charge in [-0.3, -0.25) is 19.2 Å². The van der Waals surface area contributed by atoms with Crippen molar-refractivity contribution in [2.45, 2.75) is 37.8 Å². The van der Waals surface area contributed by atoms with Crippen molar-refractivity contribution in [1.82, 2.24) is 30.0 Å². The van der Waals surface area contributed by atoms with Crippen LogP contribution in [0.25, 0.3) is 10.1 Å². The number of halogens is 2. The molecule has 2 unspecified atom stereocenters. The van der Waals surface area contributed by atoms with Gasteiger partial charge in [-0.2, -0.15) is 0 Å². The molecule has 382 valence electrons. The normalized spacial score (nSPS) is 17.5. The maximum atomic E-state index is 16.2. The van der Waals surface area contributed by atoms with E-state index in [1.54, 1.807) is 43.8 Å². The van der Waals surface area contributed by atoms with Crippen molar-refractivity contribution in [2.24, 2.45) is 17.6 Å². The fourth-order valence-corrected chi connectivity index (χ4v) is 14.5. The fourth-order valence-electron chi connectivity index (χ4n) is 8.82. The Morgan fingerprint density at radius 3 is 2.20 bits per heavy atom. The van der Waals surface area contributed by atoms with Crippen molar-refractivity contribution in [3.05, 3.63) is 189 Å². The number of amides is 2. The van der Waals surface area contributed by atoms with Gasteiger partial charge in [0.05, 0.1) is 20.9 Å². The fraction of sp³-hybridized carbons (Fsp3) is 0.208. The highest BCUT2D eigenvalue weighted by atomic mass is 32.2. The summed E-state index contributed by atoms with van der Waals surface area (Å²) in [6, 6.07) is 38.3. The Morgan fingerprint density at radius 2 is 1.59 bits per heavy atom. The zero-order valence-electron chi connectivity index (χ0n) is 40.1. The smallest absolute Gasteiger partial charge is 0.315 e. The van der Waals surface area contributed by atoms with Crippen molar-refractivity contribution in [2.75, 3.05) is 37.6 Å². The molecule has 5 aromatic carbocycles. The molecule has 0 saturated carbocycles. The van der Waals surface area contributed by atoms with Crippen LogP contribution in [-0.4, -0.2) is 91.8 Å². The molecule has 0 bridgehead atoms. The molecule has 2 amide bonds. The van der Waals surface area contributed by atoms with E-state index in [4.69, 9.17) is 19.3 Å². The van der Waals surface area contributed by atoms with Crippen LogP contribution < -0.4 is 20.8 Å². The zero-order valence-corrected chi connectivity index (χ0v) is 44.2. The van der Waals surface area contributed by atoms with Gasteiger partial charge >= 0.3 is 5.97 Å². The lowest BCUT2D eigenvalue weighted by atomic mass is 9.77. The predicted octanol–water partition coefficient (Wildman–Crippen LogP) is 8.96. The summed E-state index contributed by atoms with van der Waals surface area (Å²) in [4.78, 5) is 67.5. The van der Waals surface area contributed by atoms with Crippen LogP contribution in [-0.2, 0) is 43.2 Å². The van der Waals surface area contributed by atoms with Crippen LogP contribution in [0.3, 0.4) is 0 Å². The van der Waals surface area contributed by atoms with E-state index >= 15 is 8.78 Å². The van der Waals surface area contributed by atoms with E-state index in [9.17, 15) is 19.2 Å². The Bertz CT molecular complexity index is 3400. The number of carbonyl (C=O) groups excluding carboxylic acids is 3. The van der Waals surface area contributed by atoms with Crippen molar-refractivity contribution in [3.63, 3.8) is 0 Å². The third-order valence-corrected chi connectivity index (χ3v) is 18.8. The number of thioether (sulfide) groups is 2. The number of nitrogens with zero attached hydrogens (tertiary/aromatic N) is 6. The average molecular weight is 1100 g/mol. The van der Waals surface area contributed by atoms with E-state index in [-0.39, 0.29) is 56.2 Å². The number of aromatic nitrogens is 4. The summed E-state index contributed by atoms with van der Waals surface area (Å²) >= 11 is 5.39. The molecule has 5 heterocycles. The average Bonchev–Trinajstić information content (AvgIpc) is 4.10. The first-order chi connectivity index (χ1) is 36.4. The molecular formula is C53H44F2N8O7S5. The lowest BCUT2D eigenvalue weighted by molar-refractivity contribution is -0.162. The Labute approximate surface area is 449 Å². The van der Waals surface area contributed by atoms with E-state index in [0.29, 0.717) is 20.7 Å². The number of hydrogen-bond donors (Lipinski definition) is 2. The summed E-state index contributed by atoms with van der Waals surface area (Å²) in [5.74, 6) is -2.79. The quantitative estimate of drug-likeness (QED) is 0.0208. The van der Waals surface area contributed by atoms with Gasteiger partial charge in [-0.25, -0.2) is 13.8 Å². The van der Waals surface area contributed by atoms with Crippen molar-refractivity contribution < 1.29 is 37.5 Å². The van der Waals surface area contributed by atoms with Gasteiger partial charge in [-0.1, -0.05) is 108 Å². The minimum Gasteiger partial charge on any atom is -0.497 e. The second kappa shape index (κ2) is 22.0. The molecule has 0 radical (unpaired) electrons. The Morgan fingerprint density at radius 1 is 0.920 bits per heavy atom. The minimum atomic E-state index is -1.33. The number of aryl methyl sites for hydroxylation is 1. The molecule has 15 nitrogen and oxygen atoms in total. The van der Waals surface area contributed by atoms with E-state index in [1.165, 1.54) is 52.1 Å². The van der Waals surface area contributed by atoms with Crippen LogP contribution in [0.2, 0.25) is 0 Å². The summed E-state index contributed by atoms with van der Waals surface area (Å²) in [5, 5.41) is 20.1. The Balaban J connectivity index is 0.882. The third-order valence-electron chi connectivity index (χ3n) is 12.7. The summed E-state index contributed by atoms with van der Waals surface area (Å²) in [5.41, 5.74) is 0.784. The van der Waals surface area contributed by atoms with Crippen LogP contribution in [0.4, 0.5) is 13.9 Å².